The second kappa shape index (κ2) is 8.92. The Hall–Kier alpha value is -2.81. The lowest BCUT2D eigenvalue weighted by Crippen LogP contribution is -2.41. The Morgan fingerprint density at radius 2 is 1.79 bits per heavy atom. The molecule has 2 aromatic carbocycles. The van der Waals surface area contributed by atoms with Crippen molar-refractivity contribution in [2.45, 2.75) is 13.0 Å². The highest BCUT2D eigenvalue weighted by Gasteiger charge is 2.23. The van der Waals surface area contributed by atoms with E-state index in [4.69, 9.17) is 9.47 Å². The van der Waals surface area contributed by atoms with Crippen LogP contribution in [-0.2, 0) is 14.8 Å². The van der Waals surface area contributed by atoms with Gasteiger partial charge in [-0.15, -0.1) is 0 Å². The maximum atomic E-state index is 13.1. The van der Waals surface area contributed by atoms with Crippen LogP contribution < -0.4 is 19.1 Å². The summed E-state index contributed by atoms with van der Waals surface area (Å²) in [7, 11) is -0.701. The van der Waals surface area contributed by atoms with Gasteiger partial charge in [0.05, 0.1) is 32.2 Å². The Morgan fingerprint density at radius 1 is 1.14 bits per heavy atom. The van der Waals surface area contributed by atoms with Gasteiger partial charge in [0.2, 0.25) is 15.9 Å². The van der Waals surface area contributed by atoms with Gasteiger partial charge in [-0.05, 0) is 49.4 Å². The lowest BCUT2D eigenvalue weighted by Gasteiger charge is -2.24. The fourth-order valence-electron chi connectivity index (χ4n) is 2.68. The van der Waals surface area contributed by atoms with Gasteiger partial charge in [0.25, 0.3) is 0 Å². The zero-order valence-electron chi connectivity index (χ0n) is 16.1. The van der Waals surface area contributed by atoms with Crippen LogP contribution in [0.25, 0.3) is 0 Å². The van der Waals surface area contributed by atoms with Crippen LogP contribution in [0, 0.1) is 5.82 Å². The first-order valence-corrected chi connectivity index (χ1v) is 10.2. The highest BCUT2D eigenvalue weighted by molar-refractivity contribution is 7.92. The van der Waals surface area contributed by atoms with Crippen molar-refractivity contribution in [2.24, 2.45) is 0 Å². The lowest BCUT2D eigenvalue weighted by molar-refractivity contribution is -0.120. The van der Waals surface area contributed by atoms with Gasteiger partial charge in [0.1, 0.15) is 23.9 Å². The maximum absolute atomic E-state index is 13.1. The van der Waals surface area contributed by atoms with Gasteiger partial charge < -0.3 is 14.8 Å². The molecule has 0 radical (unpaired) electrons. The average Bonchev–Trinajstić information content (AvgIpc) is 2.65. The normalized spacial score (nSPS) is 12.2. The zero-order chi connectivity index (χ0) is 20.9. The smallest absolute Gasteiger partial charge is 0.241 e. The molecule has 152 valence electrons. The Balaban J connectivity index is 2.20. The summed E-state index contributed by atoms with van der Waals surface area (Å²) in [6.45, 7) is 1.30. The van der Waals surface area contributed by atoms with Gasteiger partial charge in [-0.25, -0.2) is 12.8 Å². The number of methoxy groups -OCH3 is 2. The number of carbonyl (C=O) groups is 1. The molecule has 1 atom stereocenters. The van der Waals surface area contributed by atoms with Gasteiger partial charge in [-0.1, -0.05) is 0 Å². The highest BCUT2D eigenvalue weighted by atomic mass is 32.2. The van der Waals surface area contributed by atoms with Crippen LogP contribution in [0.1, 0.15) is 18.5 Å². The number of carbonyl (C=O) groups excluding carboxylic acids is 1. The summed E-state index contributed by atoms with van der Waals surface area (Å²) >= 11 is 0. The van der Waals surface area contributed by atoms with E-state index in [1.807, 2.05) is 0 Å². The number of sulfonamides is 1. The molecule has 1 N–H and O–H groups in total. The minimum absolute atomic E-state index is 0.200. The van der Waals surface area contributed by atoms with E-state index in [1.54, 1.807) is 25.1 Å². The van der Waals surface area contributed by atoms with E-state index in [-0.39, 0.29) is 5.69 Å². The Kier molecular flexibility index (Phi) is 6.85. The van der Waals surface area contributed by atoms with E-state index < -0.39 is 34.3 Å². The van der Waals surface area contributed by atoms with Crippen molar-refractivity contribution >= 4 is 21.6 Å². The Labute approximate surface area is 164 Å². The van der Waals surface area contributed by atoms with Crippen LogP contribution in [0.3, 0.4) is 0 Å². The number of ether oxygens (including phenoxy) is 2. The summed E-state index contributed by atoms with van der Waals surface area (Å²) in [5.74, 6) is 0.139. The van der Waals surface area contributed by atoms with Gasteiger partial charge in [-0.2, -0.15) is 0 Å². The number of rotatable bonds is 8. The molecule has 0 fully saturated rings. The minimum atomic E-state index is -3.74. The molecule has 0 saturated heterocycles. The van der Waals surface area contributed by atoms with Gasteiger partial charge in [0.15, 0.2) is 0 Å². The second-order valence-electron chi connectivity index (χ2n) is 6.14. The average molecular weight is 410 g/mol. The molecule has 0 aromatic heterocycles. The van der Waals surface area contributed by atoms with Crippen molar-refractivity contribution in [1.82, 2.24) is 5.32 Å². The molecule has 28 heavy (non-hydrogen) atoms. The number of nitrogens with zero attached hydrogens (tertiary/aromatic N) is 1. The number of hydrogen-bond donors (Lipinski definition) is 1. The summed E-state index contributed by atoms with van der Waals surface area (Å²) in [6, 6.07) is 9.60. The van der Waals surface area contributed by atoms with E-state index in [2.05, 4.69) is 5.32 Å². The summed E-state index contributed by atoms with van der Waals surface area (Å²) in [6.07, 6.45) is 0.984. The standard InChI is InChI=1S/C19H23FN2O5S/c1-13(17-11-16(26-2)9-10-18(17)27-3)21-19(23)12-22(28(4,24)25)15-7-5-14(20)6-8-15/h5-11,13H,12H2,1-4H3,(H,21,23)/t13-/m0/s1. The molecule has 0 aliphatic rings. The molecule has 2 rings (SSSR count). The predicted molar refractivity (Wildman–Crippen MR) is 105 cm³/mol. The molecule has 0 unspecified atom stereocenters. The summed E-state index contributed by atoms with van der Waals surface area (Å²) < 4.78 is 48.8. The number of anilines is 1. The van der Waals surface area contributed by atoms with Crippen molar-refractivity contribution < 1.29 is 27.1 Å². The minimum Gasteiger partial charge on any atom is -0.497 e. The predicted octanol–water partition coefficient (Wildman–Crippen LogP) is 2.49. The van der Waals surface area contributed by atoms with E-state index in [1.165, 1.54) is 26.4 Å². The summed E-state index contributed by atoms with van der Waals surface area (Å²) in [5, 5.41) is 2.75. The quantitative estimate of drug-likeness (QED) is 0.723. The number of halogens is 1. The number of benzene rings is 2. The molecule has 9 heteroatoms. The molecule has 0 heterocycles. The van der Waals surface area contributed by atoms with Crippen molar-refractivity contribution in [3.05, 3.63) is 53.8 Å². The van der Waals surface area contributed by atoms with E-state index in [9.17, 15) is 17.6 Å². The molecule has 7 nitrogen and oxygen atoms in total. The summed E-state index contributed by atoms with van der Waals surface area (Å²) in [5.41, 5.74) is 0.883. The third kappa shape index (κ3) is 5.35. The van der Waals surface area contributed by atoms with Crippen LogP contribution in [0.4, 0.5) is 10.1 Å². The lowest BCUT2D eigenvalue weighted by atomic mass is 10.1. The molecule has 2 aromatic rings. The van der Waals surface area contributed by atoms with Crippen LogP contribution in [0.15, 0.2) is 42.5 Å². The number of nitrogens with one attached hydrogen (secondary N) is 1. The fourth-order valence-corrected chi connectivity index (χ4v) is 3.54. The first kappa shape index (κ1) is 21.5. The fraction of sp³-hybridized carbons (Fsp3) is 0.316. The van der Waals surface area contributed by atoms with Gasteiger partial charge in [-0.3, -0.25) is 9.10 Å². The number of amides is 1. The van der Waals surface area contributed by atoms with E-state index in [0.29, 0.717) is 17.1 Å². The molecule has 0 saturated carbocycles. The van der Waals surface area contributed by atoms with Gasteiger partial charge >= 0.3 is 0 Å². The van der Waals surface area contributed by atoms with E-state index in [0.717, 1.165) is 22.7 Å². The molecule has 0 spiro atoms. The SMILES string of the molecule is COc1ccc(OC)c([C@H](C)NC(=O)CN(c2ccc(F)cc2)S(C)(=O)=O)c1. The van der Waals surface area contributed by atoms with Crippen LogP contribution in [0.2, 0.25) is 0 Å². The molecule has 0 aliphatic heterocycles. The largest absolute Gasteiger partial charge is 0.497 e. The first-order valence-electron chi connectivity index (χ1n) is 8.40. The molecular weight excluding hydrogens is 387 g/mol. The third-order valence-electron chi connectivity index (χ3n) is 4.08. The Morgan fingerprint density at radius 3 is 2.32 bits per heavy atom. The van der Waals surface area contributed by atoms with Crippen LogP contribution in [-0.4, -0.2) is 41.3 Å². The van der Waals surface area contributed by atoms with Crippen molar-refractivity contribution in [1.29, 1.82) is 0 Å². The maximum Gasteiger partial charge on any atom is 0.241 e. The molecule has 1 amide bonds. The van der Waals surface area contributed by atoms with Crippen LogP contribution >= 0.6 is 0 Å². The second-order valence-corrected chi connectivity index (χ2v) is 8.05. The zero-order valence-corrected chi connectivity index (χ0v) is 16.9. The van der Waals surface area contributed by atoms with E-state index >= 15 is 0 Å². The topological polar surface area (TPSA) is 84.9 Å². The molecule has 0 bridgehead atoms. The van der Waals surface area contributed by atoms with Crippen molar-refractivity contribution in [3.63, 3.8) is 0 Å². The van der Waals surface area contributed by atoms with Crippen molar-refractivity contribution in [2.75, 3.05) is 31.3 Å². The molecule has 0 aliphatic carbocycles. The molecular formula is C19H23FN2O5S. The monoisotopic (exact) mass is 410 g/mol. The summed E-state index contributed by atoms with van der Waals surface area (Å²) in [4.78, 5) is 12.5. The van der Waals surface area contributed by atoms with Crippen LogP contribution in [0.5, 0.6) is 11.5 Å². The number of hydrogen-bond acceptors (Lipinski definition) is 5. The third-order valence-corrected chi connectivity index (χ3v) is 5.22. The van der Waals surface area contributed by atoms with Crippen molar-refractivity contribution in [3.8, 4) is 11.5 Å². The van der Waals surface area contributed by atoms with Gasteiger partial charge in [0, 0.05) is 5.56 Å². The Bertz CT molecular complexity index is 932. The highest BCUT2D eigenvalue weighted by Crippen LogP contribution is 2.29. The first-order chi connectivity index (χ1) is 13.2.